The van der Waals surface area contributed by atoms with Gasteiger partial charge in [-0.05, 0) is 35.9 Å². The molecule has 0 bridgehead atoms. The molecule has 118 valence electrons. The van der Waals surface area contributed by atoms with Crippen molar-refractivity contribution in [3.05, 3.63) is 59.7 Å². The van der Waals surface area contributed by atoms with E-state index in [1.807, 2.05) is 18.2 Å². The van der Waals surface area contributed by atoms with Crippen LogP contribution in [0.3, 0.4) is 0 Å². The molecule has 0 spiro atoms. The fraction of sp³-hybridized carbons (Fsp3) is 0.118. The molecule has 0 radical (unpaired) electrons. The molecule has 2 aromatic carbocycles. The van der Waals surface area contributed by atoms with Gasteiger partial charge in [0.2, 0.25) is 0 Å². The maximum atomic E-state index is 12.1. The summed E-state index contributed by atoms with van der Waals surface area (Å²) >= 11 is 0. The lowest BCUT2D eigenvalue weighted by molar-refractivity contribution is -0.116. The summed E-state index contributed by atoms with van der Waals surface area (Å²) in [5.74, 6) is -0.0717. The lowest BCUT2D eigenvalue weighted by Gasteiger charge is -2.21. The summed E-state index contributed by atoms with van der Waals surface area (Å²) in [6.07, 6.45) is 0.454. The fourth-order valence-corrected chi connectivity index (χ4v) is 2.39. The van der Waals surface area contributed by atoms with Crippen molar-refractivity contribution in [1.29, 1.82) is 0 Å². The Morgan fingerprint density at radius 3 is 2.65 bits per heavy atom. The Bertz CT molecular complexity index is 758. The van der Waals surface area contributed by atoms with Crippen molar-refractivity contribution in [2.24, 2.45) is 0 Å². The van der Waals surface area contributed by atoms with E-state index in [0.717, 1.165) is 0 Å². The summed E-state index contributed by atoms with van der Waals surface area (Å²) < 4.78 is 5.04. The van der Waals surface area contributed by atoms with Crippen LogP contribution in [0.15, 0.2) is 54.1 Å². The Labute approximate surface area is 133 Å². The molecule has 3 N–H and O–H groups in total. The van der Waals surface area contributed by atoms with E-state index >= 15 is 0 Å². The van der Waals surface area contributed by atoms with Crippen LogP contribution >= 0.6 is 0 Å². The number of phenols is 1. The lowest BCUT2D eigenvalue weighted by Crippen LogP contribution is -2.38. The van der Waals surface area contributed by atoms with Crippen LogP contribution in [0.5, 0.6) is 11.5 Å². The van der Waals surface area contributed by atoms with Gasteiger partial charge in [0.15, 0.2) is 17.7 Å². The van der Waals surface area contributed by atoms with Gasteiger partial charge in [0.1, 0.15) is 0 Å². The van der Waals surface area contributed by atoms with E-state index in [4.69, 9.17) is 4.74 Å². The number of hydrogen-bond acceptors (Lipinski definition) is 5. The minimum absolute atomic E-state index is 0.0111. The Morgan fingerprint density at radius 2 is 1.96 bits per heavy atom. The number of anilines is 1. The molecule has 3 rings (SSSR count). The molecular weight excluding hydrogens is 296 g/mol. The van der Waals surface area contributed by atoms with Crippen LogP contribution in [0.4, 0.5) is 5.69 Å². The number of aromatic hydroxyl groups is 1. The molecule has 6 heteroatoms. The molecule has 0 aliphatic carbocycles. The summed E-state index contributed by atoms with van der Waals surface area (Å²) in [6, 6.07) is 13.8. The number of hydrazine groups is 1. The fourth-order valence-electron chi connectivity index (χ4n) is 2.39. The van der Waals surface area contributed by atoms with Crippen LogP contribution in [0.1, 0.15) is 5.56 Å². The zero-order valence-corrected chi connectivity index (χ0v) is 12.4. The van der Waals surface area contributed by atoms with Crippen molar-refractivity contribution < 1.29 is 19.7 Å². The molecule has 1 aliphatic heterocycles. The molecule has 1 aliphatic rings. The van der Waals surface area contributed by atoms with Gasteiger partial charge >= 0.3 is 0 Å². The zero-order valence-electron chi connectivity index (χ0n) is 12.4. The van der Waals surface area contributed by atoms with Gasteiger partial charge in [0, 0.05) is 0 Å². The summed E-state index contributed by atoms with van der Waals surface area (Å²) in [6.45, 7) is 0. The van der Waals surface area contributed by atoms with Crippen molar-refractivity contribution in [2.45, 2.75) is 6.23 Å². The van der Waals surface area contributed by atoms with Crippen LogP contribution in [0, 0.1) is 0 Å². The third kappa shape index (κ3) is 2.84. The highest BCUT2D eigenvalue weighted by atomic mass is 16.5. The number of carbonyl (C=O) groups is 1. The van der Waals surface area contributed by atoms with Crippen molar-refractivity contribution in [2.75, 3.05) is 12.1 Å². The smallest absolute Gasteiger partial charge is 0.270 e. The van der Waals surface area contributed by atoms with Crippen molar-refractivity contribution >= 4 is 17.7 Å². The number of ether oxygens (including phenoxy) is 1. The number of aliphatic hydroxyl groups excluding tert-OH is 1. The third-order valence-corrected chi connectivity index (χ3v) is 3.57. The van der Waals surface area contributed by atoms with Gasteiger partial charge in [0.05, 0.1) is 18.4 Å². The number of phenolic OH excluding ortho intramolecular Hbond substituents is 1. The van der Waals surface area contributed by atoms with E-state index in [2.05, 4.69) is 5.43 Å². The van der Waals surface area contributed by atoms with E-state index in [1.54, 1.807) is 30.3 Å². The SMILES string of the molecule is COc1cc(C=C2C(=O)NN(c3ccccc3)C2O)ccc1O. The Kier molecular flexibility index (Phi) is 3.91. The monoisotopic (exact) mass is 312 g/mol. The number of amides is 1. The van der Waals surface area contributed by atoms with E-state index in [9.17, 15) is 15.0 Å². The van der Waals surface area contributed by atoms with Crippen LogP contribution in [-0.2, 0) is 4.79 Å². The van der Waals surface area contributed by atoms with Gasteiger partial charge < -0.3 is 14.9 Å². The van der Waals surface area contributed by atoms with Crippen molar-refractivity contribution in [3.8, 4) is 11.5 Å². The predicted octanol–water partition coefficient (Wildman–Crippen LogP) is 1.65. The number of methoxy groups -OCH3 is 1. The lowest BCUT2D eigenvalue weighted by atomic mass is 10.1. The van der Waals surface area contributed by atoms with E-state index < -0.39 is 6.23 Å². The van der Waals surface area contributed by atoms with Crippen molar-refractivity contribution in [1.82, 2.24) is 5.43 Å². The van der Waals surface area contributed by atoms with Gasteiger partial charge in [-0.1, -0.05) is 24.3 Å². The molecule has 1 atom stereocenters. The van der Waals surface area contributed by atoms with Gasteiger partial charge in [0.25, 0.3) is 5.91 Å². The average Bonchev–Trinajstić information content (AvgIpc) is 2.85. The normalized spacial score (nSPS) is 19.0. The molecule has 1 heterocycles. The van der Waals surface area contributed by atoms with Crippen LogP contribution in [0.2, 0.25) is 0 Å². The molecule has 1 saturated heterocycles. The van der Waals surface area contributed by atoms with Gasteiger partial charge in [-0.2, -0.15) is 0 Å². The van der Waals surface area contributed by atoms with Crippen LogP contribution in [0.25, 0.3) is 6.08 Å². The summed E-state index contributed by atoms with van der Waals surface area (Å²) in [5.41, 5.74) is 4.15. The number of benzene rings is 2. The number of nitrogens with one attached hydrogen (secondary N) is 1. The largest absolute Gasteiger partial charge is 0.504 e. The zero-order chi connectivity index (χ0) is 16.4. The molecule has 1 unspecified atom stereocenters. The molecular formula is C17H16N2O4. The van der Waals surface area contributed by atoms with Crippen molar-refractivity contribution in [3.63, 3.8) is 0 Å². The molecule has 6 nitrogen and oxygen atoms in total. The number of rotatable bonds is 3. The third-order valence-electron chi connectivity index (χ3n) is 3.57. The Balaban J connectivity index is 1.92. The van der Waals surface area contributed by atoms with E-state index in [0.29, 0.717) is 17.0 Å². The second-order valence-corrected chi connectivity index (χ2v) is 5.05. The molecule has 0 saturated carbocycles. The van der Waals surface area contributed by atoms with Crippen LogP contribution < -0.4 is 15.2 Å². The highest BCUT2D eigenvalue weighted by molar-refractivity contribution is 6.03. The number of aliphatic hydroxyl groups is 1. The molecule has 1 amide bonds. The minimum Gasteiger partial charge on any atom is -0.504 e. The first-order chi connectivity index (χ1) is 11.1. The Hall–Kier alpha value is -2.99. The molecule has 23 heavy (non-hydrogen) atoms. The average molecular weight is 312 g/mol. The molecule has 1 fully saturated rings. The number of hydrogen-bond donors (Lipinski definition) is 3. The maximum Gasteiger partial charge on any atom is 0.270 e. The topological polar surface area (TPSA) is 82.0 Å². The number of para-hydroxylation sites is 1. The standard InChI is InChI=1S/C17H16N2O4/c1-23-15-10-11(7-8-14(15)20)9-13-16(21)18-19(17(13)22)12-5-3-2-4-6-12/h2-10,17,20,22H,1H3,(H,18,21). The summed E-state index contributed by atoms with van der Waals surface area (Å²) in [5, 5.41) is 21.4. The summed E-state index contributed by atoms with van der Waals surface area (Å²) in [4.78, 5) is 12.1. The maximum absolute atomic E-state index is 12.1. The second kappa shape index (κ2) is 6.02. The summed E-state index contributed by atoms with van der Waals surface area (Å²) in [7, 11) is 1.44. The highest BCUT2D eigenvalue weighted by Gasteiger charge is 2.34. The highest BCUT2D eigenvalue weighted by Crippen LogP contribution is 2.29. The van der Waals surface area contributed by atoms with Gasteiger partial charge in [-0.15, -0.1) is 0 Å². The van der Waals surface area contributed by atoms with Gasteiger partial charge in [-0.25, -0.2) is 0 Å². The molecule has 2 aromatic rings. The van der Waals surface area contributed by atoms with E-state index in [1.165, 1.54) is 18.2 Å². The van der Waals surface area contributed by atoms with Gasteiger partial charge in [-0.3, -0.25) is 15.2 Å². The quantitative estimate of drug-likeness (QED) is 0.751. The first-order valence-electron chi connectivity index (χ1n) is 7.02. The van der Waals surface area contributed by atoms with E-state index in [-0.39, 0.29) is 17.2 Å². The molecule has 0 aromatic heterocycles. The minimum atomic E-state index is -1.11. The predicted molar refractivity (Wildman–Crippen MR) is 85.7 cm³/mol. The Morgan fingerprint density at radius 1 is 1.22 bits per heavy atom. The van der Waals surface area contributed by atoms with Crippen LogP contribution in [-0.4, -0.2) is 29.5 Å². The number of carbonyl (C=O) groups excluding carboxylic acids is 1. The first kappa shape index (κ1) is 14.9. The second-order valence-electron chi connectivity index (χ2n) is 5.05. The first-order valence-corrected chi connectivity index (χ1v) is 7.02. The number of nitrogens with zero attached hydrogens (tertiary/aromatic N) is 1.